The molecule has 1 aromatic carbocycles. The number of nitrogens with one attached hydrogen (secondary N) is 1. The summed E-state index contributed by atoms with van der Waals surface area (Å²) in [4.78, 5) is 33.1. The second kappa shape index (κ2) is 6.99. The number of benzene rings is 1. The molecule has 0 saturated carbocycles. The molecule has 13 heteroatoms. The van der Waals surface area contributed by atoms with E-state index in [1.807, 2.05) is 0 Å². The minimum atomic E-state index is -2.10. The lowest BCUT2D eigenvalue weighted by molar-refractivity contribution is -0.0581. The monoisotopic (exact) mass is 439 g/mol. The fourth-order valence-electron chi connectivity index (χ4n) is 3.51. The van der Waals surface area contributed by atoms with Crippen LogP contribution in [-0.2, 0) is 13.8 Å². The van der Waals surface area contributed by atoms with Crippen molar-refractivity contribution in [3.05, 3.63) is 39.6 Å². The van der Waals surface area contributed by atoms with Gasteiger partial charge in [-0.2, -0.15) is 4.98 Å². The standard InChI is InChI=1S/C16H15ClN5O6P/c17-7-3-1-6(2-4-7)12-19-9-13(20-16(18)21-14(9)24)22(12)15-10(23)11-8(27-15)5-26-29(25)28-11/h1-4,8,10-11,15,23,25H,5H2,(H3,18,20,21,24). The maximum absolute atomic E-state index is 12.4. The number of aromatic amines is 1. The zero-order valence-electron chi connectivity index (χ0n) is 14.6. The highest BCUT2D eigenvalue weighted by Crippen LogP contribution is 2.47. The quantitative estimate of drug-likeness (QED) is 0.426. The van der Waals surface area contributed by atoms with Crippen LogP contribution >= 0.6 is 20.2 Å². The number of anilines is 1. The normalized spacial score (nSPS) is 29.3. The van der Waals surface area contributed by atoms with E-state index in [0.29, 0.717) is 16.4 Å². The fourth-order valence-corrected chi connectivity index (χ4v) is 4.44. The molecule has 5 atom stereocenters. The van der Waals surface area contributed by atoms with Crippen LogP contribution in [0.1, 0.15) is 6.23 Å². The van der Waals surface area contributed by atoms with Crippen LogP contribution in [0.3, 0.4) is 0 Å². The molecule has 29 heavy (non-hydrogen) atoms. The van der Waals surface area contributed by atoms with Crippen LogP contribution in [0.15, 0.2) is 29.1 Å². The van der Waals surface area contributed by atoms with Gasteiger partial charge >= 0.3 is 8.60 Å². The van der Waals surface area contributed by atoms with Crippen molar-refractivity contribution >= 4 is 37.3 Å². The first-order chi connectivity index (χ1) is 13.9. The predicted molar refractivity (Wildman–Crippen MR) is 103 cm³/mol. The van der Waals surface area contributed by atoms with Crippen LogP contribution in [0.4, 0.5) is 5.95 Å². The summed E-state index contributed by atoms with van der Waals surface area (Å²) >= 11 is 5.98. The van der Waals surface area contributed by atoms with E-state index in [1.54, 1.807) is 24.3 Å². The molecule has 2 fully saturated rings. The van der Waals surface area contributed by atoms with Crippen LogP contribution in [0.2, 0.25) is 5.02 Å². The Morgan fingerprint density at radius 2 is 2.07 bits per heavy atom. The summed E-state index contributed by atoms with van der Waals surface area (Å²) in [6.45, 7) is 0.0550. The fraction of sp³-hybridized carbons (Fsp3) is 0.312. The Labute approximate surface area is 169 Å². The molecule has 2 aromatic heterocycles. The van der Waals surface area contributed by atoms with Crippen LogP contribution in [0.5, 0.6) is 0 Å². The molecule has 5 unspecified atom stereocenters. The largest absolute Gasteiger partial charge is 0.386 e. The number of nitrogens with zero attached hydrogens (tertiary/aromatic N) is 3. The molecule has 5 N–H and O–H groups in total. The van der Waals surface area contributed by atoms with Gasteiger partial charge in [-0.25, -0.2) is 4.98 Å². The first kappa shape index (κ1) is 18.9. The van der Waals surface area contributed by atoms with Crippen molar-refractivity contribution in [2.75, 3.05) is 12.3 Å². The molecule has 0 radical (unpaired) electrons. The Balaban J connectivity index is 1.70. The van der Waals surface area contributed by atoms with Crippen molar-refractivity contribution in [1.29, 1.82) is 0 Å². The average molecular weight is 440 g/mol. The van der Waals surface area contributed by atoms with Crippen molar-refractivity contribution in [2.24, 2.45) is 0 Å². The van der Waals surface area contributed by atoms with Crippen molar-refractivity contribution < 1.29 is 23.8 Å². The number of hydrogen-bond donors (Lipinski definition) is 4. The molecule has 4 heterocycles. The number of aromatic nitrogens is 4. The molecule has 2 aliphatic heterocycles. The summed E-state index contributed by atoms with van der Waals surface area (Å²) in [7, 11) is -2.10. The van der Waals surface area contributed by atoms with E-state index < -0.39 is 38.7 Å². The topological polar surface area (TPSA) is 158 Å². The zero-order valence-corrected chi connectivity index (χ0v) is 16.2. The van der Waals surface area contributed by atoms with Gasteiger partial charge in [-0.15, -0.1) is 0 Å². The smallest absolute Gasteiger partial charge is 0.330 e. The number of aliphatic hydroxyl groups excluding tert-OH is 1. The molecule has 2 saturated heterocycles. The van der Waals surface area contributed by atoms with Gasteiger partial charge in [0, 0.05) is 10.6 Å². The number of nitrogen functional groups attached to an aromatic ring is 1. The average Bonchev–Trinajstić information content (AvgIpc) is 3.21. The van der Waals surface area contributed by atoms with Crippen molar-refractivity contribution in [3.8, 4) is 11.4 Å². The van der Waals surface area contributed by atoms with Gasteiger partial charge in [0.2, 0.25) is 5.95 Å². The van der Waals surface area contributed by atoms with Gasteiger partial charge in [0.05, 0.1) is 6.61 Å². The summed E-state index contributed by atoms with van der Waals surface area (Å²) < 4.78 is 17.9. The van der Waals surface area contributed by atoms with E-state index in [1.165, 1.54) is 4.57 Å². The van der Waals surface area contributed by atoms with E-state index in [9.17, 15) is 14.8 Å². The van der Waals surface area contributed by atoms with Crippen LogP contribution in [0, 0.1) is 0 Å². The third kappa shape index (κ3) is 3.11. The lowest BCUT2D eigenvalue weighted by Crippen LogP contribution is -2.38. The Hall–Kier alpha value is -2.11. The zero-order chi connectivity index (χ0) is 20.3. The Morgan fingerprint density at radius 1 is 1.31 bits per heavy atom. The summed E-state index contributed by atoms with van der Waals surface area (Å²) in [6, 6.07) is 6.79. The van der Waals surface area contributed by atoms with Crippen molar-refractivity contribution in [1.82, 2.24) is 19.5 Å². The third-order valence-electron chi connectivity index (χ3n) is 4.80. The number of imidazole rings is 1. The lowest BCUT2D eigenvalue weighted by Gasteiger charge is -2.27. The summed E-state index contributed by atoms with van der Waals surface area (Å²) in [5.41, 5.74) is 6.01. The first-order valence-electron chi connectivity index (χ1n) is 8.58. The summed E-state index contributed by atoms with van der Waals surface area (Å²) in [6.07, 6.45) is -3.60. The van der Waals surface area contributed by atoms with Crippen LogP contribution in [-0.4, -0.2) is 54.4 Å². The lowest BCUT2D eigenvalue weighted by atomic mass is 10.1. The molecular formula is C16H15ClN5O6P. The SMILES string of the molecule is Nc1nc2c(nc(-c3ccc(Cl)cc3)n2C2OC3COP(O)OC3C2O)c(=O)[nH]1. The van der Waals surface area contributed by atoms with E-state index in [4.69, 9.17) is 31.1 Å². The molecule has 5 rings (SSSR count). The number of hydrogen-bond acceptors (Lipinski definition) is 9. The van der Waals surface area contributed by atoms with Gasteiger partial charge in [-0.1, -0.05) is 11.6 Å². The summed E-state index contributed by atoms with van der Waals surface area (Å²) in [5.74, 6) is 0.227. The highest BCUT2D eigenvalue weighted by atomic mass is 35.5. The molecule has 0 amide bonds. The Bertz CT molecular complexity index is 1140. The number of aliphatic hydroxyl groups is 1. The molecule has 0 spiro atoms. The van der Waals surface area contributed by atoms with Crippen LogP contribution < -0.4 is 11.3 Å². The number of halogens is 1. The van der Waals surface area contributed by atoms with Crippen molar-refractivity contribution in [3.63, 3.8) is 0 Å². The minimum Gasteiger partial charge on any atom is -0.386 e. The molecule has 2 aliphatic rings. The molecule has 152 valence electrons. The Kier molecular flexibility index (Phi) is 4.56. The number of H-pyrrole nitrogens is 1. The van der Waals surface area contributed by atoms with Gasteiger partial charge in [0.15, 0.2) is 17.4 Å². The number of ether oxygens (including phenoxy) is 1. The Morgan fingerprint density at radius 3 is 2.83 bits per heavy atom. The van der Waals surface area contributed by atoms with E-state index in [-0.39, 0.29) is 23.7 Å². The molecule has 3 aromatic rings. The van der Waals surface area contributed by atoms with Gasteiger partial charge in [0.1, 0.15) is 24.1 Å². The highest BCUT2D eigenvalue weighted by molar-refractivity contribution is 7.40. The van der Waals surface area contributed by atoms with Gasteiger partial charge in [-0.05, 0) is 24.3 Å². The minimum absolute atomic E-state index is 0.0383. The molecule has 11 nitrogen and oxygen atoms in total. The number of rotatable bonds is 2. The van der Waals surface area contributed by atoms with Gasteiger partial charge in [0.25, 0.3) is 5.56 Å². The second-order valence-corrected chi connectivity index (χ2v) is 7.98. The van der Waals surface area contributed by atoms with E-state index >= 15 is 0 Å². The maximum Gasteiger partial charge on any atom is 0.330 e. The summed E-state index contributed by atoms with van der Waals surface area (Å²) in [5, 5.41) is 11.4. The predicted octanol–water partition coefficient (Wildman–Crippen LogP) is 0.915. The van der Waals surface area contributed by atoms with Gasteiger partial charge in [-0.3, -0.25) is 14.3 Å². The van der Waals surface area contributed by atoms with E-state index in [2.05, 4.69) is 15.0 Å². The molecule has 0 aliphatic carbocycles. The van der Waals surface area contributed by atoms with Crippen LogP contribution in [0.25, 0.3) is 22.6 Å². The third-order valence-corrected chi connectivity index (χ3v) is 5.84. The second-order valence-electron chi connectivity index (χ2n) is 6.60. The maximum atomic E-state index is 12.4. The highest BCUT2D eigenvalue weighted by Gasteiger charge is 2.50. The van der Waals surface area contributed by atoms with E-state index in [0.717, 1.165) is 0 Å². The van der Waals surface area contributed by atoms with Crippen molar-refractivity contribution in [2.45, 2.75) is 24.5 Å². The molecule has 0 bridgehead atoms. The number of fused-ring (bicyclic) bond motifs is 2. The van der Waals surface area contributed by atoms with Gasteiger partial charge < -0.3 is 29.5 Å². The molecular weight excluding hydrogens is 425 g/mol. The first-order valence-corrected chi connectivity index (χ1v) is 10.1. The number of nitrogens with two attached hydrogens (primary N) is 1.